The Bertz CT molecular complexity index is 293. The molecule has 0 aromatic heterocycles. The number of benzene rings is 1. The number of hydrogen-bond acceptors (Lipinski definition) is 3. The molecule has 1 aromatic carbocycles. The van der Waals surface area contributed by atoms with E-state index in [4.69, 9.17) is 15.5 Å². The molecule has 0 radical (unpaired) electrons. The van der Waals surface area contributed by atoms with E-state index in [0.717, 1.165) is 0 Å². The monoisotopic (exact) mass is 209 g/mol. The summed E-state index contributed by atoms with van der Waals surface area (Å²) in [4.78, 5) is 4.71. The van der Waals surface area contributed by atoms with Crippen LogP contribution in [-0.2, 0) is 21.6 Å². The van der Waals surface area contributed by atoms with Crippen molar-refractivity contribution in [2.75, 3.05) is 13.7 Å². The number of nitrogens with two attached hydrogens (primary N) is 1. The Balaban J connectivity index is 2.78. The highest BCUT2D eigenvalue weighted by atomic mass is 16.6. The van der Waals surface area contributed by atoms with Crippen molar-refractivity contribution < 1.29 is 9.57 Å². The third kappa shape index (κ3) is 3.30. The Kier molecular flexibility index (Phi) is 4.27. The van der Waals surface area contributed by atoms with Crippen molar-refractivity contribution in [1.82, 2.24) is 0 Å². The van der Waals surface area contributed by atoms with E-state index in [1.807, 2.05) is 0 Å². The van der Waals surface area contributed by atoms with Gasteiger partial charge in [0.1, 0.15) is 0 Å². The lowest BCUT2D eigenvalue weighted by atomic mass is 9.85. The molecule has 0 unspecified atom stereocenters. The maximum Gasteiger partial charge on any atom is 0.0770 e. The number of methoxy groups -OCH3 is 1. The van der Waals surface area contributed by atoms with Crippen molar-refractivity contribution in [3.63, 3.8) is 0 Å². The van der Waals surface area contributed by atoms with Gasteiger partial charge in [0.25, 0.3) is 0 Å². The van der Waals surface area contributed by atoms with Crippen LogP contribution in [0.1, 0.15) is 25.0 Å². The standard InChI is InChI=1S/C12H19NO2/c1-12(2,9-15-13)11-6-4-10(5-7-11)8-14-3/h4-7H,8-9,13H2,1-3H3. The van der Waals surface area contributed by atoms with Crippen molar-refractivity contribution in [2.45, 2.75) is 25.9 Å². The fourth-order valence-electron chi connectivity index (χ4n) is 1.51. The van der Waals surface area contributed by atoms with E-state index in [0.29, 0.717) is 13.2 Å². The summed E-state index contributed by atoms with van der Waals surface area (Å²) in [6, 6.07) is 8.31. The Hall–Kier alpha value is -0.900. The van der Waals surface area contributed by atoms with Gasteiger partial charge < -0.3 is 9.57 Å². The molecule has 2 N–H and O–H groups in total. The first-order valence-electron chi connectivity index (χ1n) is 5.00. The van der Waals surface area contributed by atoms with Crippen LogP contribution >= 0.6 is 0 Å². The van der Waals surface area contributed by atoms with Gasteiger partial charge in [-0.3, -0.25) is 0 Å². The first-order valence-corrected chi connectivity index (χ1v) is 5.00. The van der Waals surface area contributed by atoms with Gasteiger partial charge in [-0.2, -0.15) is 0 Å². The summed E-state index contributed by atoms with van der Waals surface area (Å²) < 4.78 is 5.06. The van der Waals surface area contributed by atoms with Crippen LogP contribution in [-0.4, -0.2) is 13.7 Å². The highest BCUT2D eigenvalue weighted by Crippen LogP contribution is 2.23. The Morgan fingerprint density at radius 3 is 2.27 bits per heavy atom. The second-order valence-electron chi connectivity index (χ2n) is 4.32. The molecule has 3 heteroatoms. The van der Waals surface area contributed by atoms with Crippen molar-refractivity contribution >= 4 is 0 Å². The van der Waals surface area contributed by atoms with E-state index in [2.05, 4.69) is 38.1 Å². The molecule has 0 atom stereocenters. The molecule has 0 fully saturated rings. The zero-order valence-electron chi connectivity index (χ0n) is 9.62. The van der Waals surface area contributed by atoms with E-state index >= 15 is 0 Å². The summed E-state index contributed by atoms with van der Waals surface area (Å²) in [6.45, 7) is 5.36. The largest absolute Gasteiger partial charge is 0.380 e. The van der Waals surface area contributed by atoms with Gasteiger partial charge in [-0.05, 0) is 11.1 Å². The molecule has 1 aromatic rings. The van der Waals surface area contributed by atoms with Gasteiger partial charge >= 0.3 is 0 Å². The van der Waals surface area contributed by atoms with E-state index in [9.17, 15) is 0 Å². The van der Waals surface area contributed by atoms with Crippen LogP contribution in [0.15, 0.2) is 24.3 Å². The molecule has 0 heterocycles. The van der Waals surface area contributed by atoms with Gasteiger partial charge in [0.15, 0.2) is 0 Å². The Morgan fingerprint density at radius 2 is 1.80 bits per heavy atom. The molecule has 0 aliphatic heterocycles. The van der Waals surface area contributed by atoms with Crippen LogP contribution in [0.2, 0.25) is 0 Å². The molecule has 15 heavy (non-hydrogen) atoms. The van der Waals surface area contributed by atoms with Crippen LogP contribution in [0.5, 0.6) is 0 Å². The minimum absolute atomic E-state index is 0.0552. The lowest BCUT2D eigenvalue weighted by Gasteiger charge is -2.23. The minimum Gasteiger partial charge on any atom is -0.380 e. The first kappa shape index (κ1) is 12.2. The molecule has 0 amide bonds. The molecule has 0 saturated heterocycles. The van der Waals surface area contributed by atoms with Crippen molar-refractivity contribution in [1.29, 1.82) is 0 Å². The zero-order valence-corrected chi connectivity index (χ0v) is 9.62. The van der Waals surface area contributed by atoms with Gasteiger partial charge in [-0.15, -0.1) is 0 Å². The number of ether oxygens (including phenoxy) is 1. The molecule has 0 aliphatic rings. The second kappa shape index (κ2) is 5.26. The average Bonchev–Trinajstić information content (AvgIpc) is 2.19. The summed E-state index contributed by atoms with van der Waals surface area (Å²) in [5.74, 6) is 5.11. The van der Waals surface area contributed by atoms with E-state index < -0.39 is 0 Å². The molecular formula is C12H19NO2. The SMILES string of the molecule is COCc1ccc(C(C)(C)CON)cc1. The summed E-state index contributed by atoms with van der Waals surface area (Å²) >= 11 is 0. The van der Waals surface area contributed by atoms with Crippen molar-refractivity contribution in [3.8, 4) is 0 Å². The number of rotatable bonds is 5. The van der Waals surface area contributed by atoms with Crippen LogP contribution in [0.3, 0.4) is 0 Å². The maximum absolute atomic E-state index is 5.11. The fraction of sp³-hybridized carbons (Fsp3) is 0.500. The predicted octanol–water partition coefficient (Wildman–Crippen LogP) is 2.00. The first-order chi connectivity index (χ1) is 7.10. The lowest BCUT2D eigenvalue weighted by molar-refractivity contribution is 0.0964. The van der Waals surface area contributed by atoms with Crippen molar-refractivity contribution in [3.05, 3.63) is 35.4 Å². The van der Waals surface area contributed by atoms with Gasteiger partial charge in [-0.1, -0.05) is 38.1 Å². The summed E-state index contributed by atoms with van der Waals surface area (Å²) in [5.41, 5.74) is 2.33. The topological polar surface area (TPSA) is 44.5 Å². The molecule has 84 valence electrons. The van der Waals surface area contributed by atoms with Crippen LogP contribution < -0.4 is 5.90 Å². The number of hydrogen-bond donors (Lipinski definition) is 1. The highest BCUT2D eigenvalue weighted by molar-refractivity contribution is 5.27. The molecule has 0 saturated carbocycles. The molecule has 0 aliphatic carbocycles. The van der Waals surface area contributed by atoms with Crippen LogP contribution in [0.25, 0.3) is 0 Å². The van der Waals surface area contributed by atoms with Crippen molar-refractivity contribution in [2.24, 2.45) is 5.90 Å². The molecule has 3 nitrogen and oxygen atoms in total. The summed E-state index contributed by atoms with van der Waals surface area (Å²) in [7, 11) is 1.69. The quantitative estimate of drug-likeness (QED) is 0.754. The van der Waals surface area contributed by atoms with E-state index in [1.165, 1.54) is 11.1 Å². The summed E-state index contributed by atoms with van der Waals surface area (Å²) in [5, 5.41) is 0. The van der Waals surface area contributed by atoms with Crippen LogP contribution in [0, 0.1) is 0 Å². The van der Waals surface area contributed by atoms with Gasteiger partial charge in [0, 0.05) is 12.5 Å². The second-order valence-corrected chi connectivity index (χ2v) is 4.32. The fourth-order valence-corrected chi connectivity index (χ4v) is 1.51. The summed E-state index contributed by atoms with van der Waals surface area (Å²) in [6.07, 6.45) is 0. The third-order valence-corrected chi connectivity index (χ3v) is 2.49. The predicted molar refractivity (Wildman–Crippen MR) is 60.3 cm³/mol. The van der Waals surface area contributed by atoms with Gasteiger partial charge in [-0.25, -0.2) is 5.90 Å². The van der Waals surface area contributed by atoms with E-state index in [-0.39, 0.29) is 5.41 Å². The Labute approximate surface area is 91.1 Å². The van der Waals surface area contributed by atoms with Gasteiger partial charge in [0.2, 0.25) is 0 Å². The van der Waals surface area contributed by atoms with E-state index in [1.54, 1.807) is 7.11 Å². The molecule has 0 bridgehead atoms. The molecule has 0 spiro atoms. The van der Waals surface area contributed by atoms with Gasteiger partial charge in [0.05, 0.1) is 13.2 Å². The Morgan fingerprint density at radius 1 is 1.20 bits per heavy atom. The minimum atomic E-state index is -0.0552. The third-order valence-electron chi connectivity index (χ3n) is 2.49. The smallest absolute Gasteiger partial charge is 0.0770 e. The highest BCUT2D eigenvalue weighted by Gasteiger charge is 2.20. The maximum atomic E-state index is 5.11. The molecular weight excluding hydrogens is 190 g/mol. The van der Waals surface area contributed by atoms with Crippen LogP contribution in [0.4, 0.5) is 0 Å². The lowest BCUT2D eigenvalue weighted by Crippen LogP contribution is -2.26. The normalized spacial score (nSPS) is 11.7. The molecule has 1 rings (SSSR count). The zero-order chi connectivity index (χ0) is 11.3. The average molecular weight is 209 g/mol.